The van der Waals surface area contributed by atoms with Crippen LogP contribution < -0.4 is 5.32 Å². The van der Waals surface area contributed by atoms with Crippen LogP contribution in [0, 0.1) is 0 Å². The summed E-state index contributed by atoms with van der Waals surface area (Å²) in [5.41, 5.74) is 0.705. The summed E-state index contributed by atoms with van der Waals surface area (Å²) in [5.74, 6) is -3.49. The molecule has 1 N–H and O–H groups in total. The van der Waals surface area contributed by atoms with Gasteiger partial charge in [-0.2, -0.15) is 0 Å². The standard InChI is InChI=1S/C30H39NO15/c1-14(32)31-22-25(23-21(43-29(22)37-6)13-39-28(45-23)19-10-8-7-9-11-19)46-30-27(42-18(5)36)26(41-17(4)35)24(40-16(3)34)20(44-30)12-38-15(2)33/h7-11,20-30H,12-13H2,1-6H3,(H,31,32)/t20-,21-,22-,23-,24+,25-,26+,27-,28-,29-,30+/m1/s1. The number of methoxy groups -OCH3 is 1. The normalized spacial score (nSPS) is 33.9. The molecule has 16 heteroatoms. The Balaban J connectivity index is 1.76. The fourth-order valence-corrected chi connectivity index (χ4v) is 5.56. The van der Waals surface area contributed by atoms with Gasteiger partial charge in [-0.3, -0.25) is 24.0 Å². The predicted octanol–water partition coefficient (Wildman–Crippen LogP) is 0.445. The molecule has 1 amide bonds. The van der Waals surface area contributed by atoms with E-state index in [1.54, 1.807) is 0 Å². The minimum Gasteiger partial charge on any atom is -0.463 e. The van der Waals surface area contributed by atoms with Crippen LogP contribution in [0.25, 0.3) is 0 Å². The van der Waals surface area contributed by atoms with Crippen LogP contribution in [0.15, 0.2) is 30.3 Å². The van der Waals surface area contributed by atoms with E-state index in [0.717, 1.165) is 20.8 Å². The van der Waals surface area contributed by atoms with Gasteiger partial charge in [-0.15, -0.1) is 0 Å². The van der Waals surface area contributed by atoms with E-state index in [4.69, 9.17) is 47.4 Å². The SMILES string of the molecule is CO[C@@H]1O[C@@H]2CO[C@@H](c3ccccc3)O[C@H]2[C@H](O[C@@H]2O[C@H](COC(C)=O)[C@H](OC(C)=O)[C@H](OC(C)=O)[C@H]2OC(C)=O)[C@H]1NC(C)=O. The first kappa shape index (κ1) is 35.2. The van der Waals surface area contributed by atoms with Gasteiger partial charge in [0.1, 0.15) is 37.1 Å². The lowest BCUT2D eigenvalue weighted by Gasteiger charge is -2.51. The number of fused-ring (bicyclic) bond motifs is 1. The quantitative estimate of drug-likeness (QED) is 0.270. The van der Waals surface area contributed by atoms with Gasteiger partial charge in [0.25, 0.3) is 0 Å². The first-order valence-electron chi connectivity index (χ1n) is 14.6. The number of rotatable bonds is 10. The van der Waals surface area contributed by atoms with Crippen molar-refractivity contribution in [2.75, 3.05) is 20.3 Å². The monoisotopic (exact) mass is 653 g/mol. The summed E-state index contributed by atoms with van der Waals surface area (Å²) < 4.78 is 58.3. The molecule has 1 aromatic carbocycles. The smallest absolute Gasteiger partial charge is 0.303 e. The second-order valence-corrected chi connectivity index (χ2v) is 10.8. The molecule has 3 heterocycles. The molecule has 254 valence electrons. The van der Waals surface area contributed by atoms with E-state index in [2.05, 4.69) is 5.32 Å². The molecule has 0 saturated carbocycles. The summed E-state index contributed by atoms with van der Waals surface area (Å²) in [5, 5.41) is 2.77. The Hall–Kier alpha value is -3.67. The van der Waals surface area contributed by atoms with Gasteiger partial charge < -0.3 is 52.7 Å². The van der Waals surface area contributed by atoms with E-state index >= 15 is 0 Å². The second kappa shape index (κ2) is 15.8. The minimum absolute atomic E-state index is 0.0509. The number of carbonyl (C=O) groups is 5. The molecule has 3 aliphatic rings. The van der Waals surface area contributed by atoms with Crippen molar-refractivity contribution in [2.45, 2.75) is 102 Å². The zero-order chi connectivity index (χ0) is 33.5. The van der Waals surface area contributed by atoms with Crippen molar-refractivity contribution in [3.05, 3.63) is 35.9 Å². The van der Waals surface area contributed by atoms with Gasteiger partial charge >= 0.3 is 23.9 Å². The summed E-state index contributed by atoms with van der Waals surface area (Å²) in [7, 11) is 1.38. The molecule has 46 heavy (non-hydrogen) atoms. The van der Waals surface area contributed by atoms with Gasteiger partial charge in [-0.1, -0.05) is 30.3 Å². The Morgan fingerprint density at radius 1 is 0.761 bits per heavy atom. The van der Waals surface area contributed by atoms with E-state index in [1.807, 2.05) is 30.3 Å². The lowest BCUT2D eigenvalue weighted by atomic mass is 9.94. The Labute approximate surface area is 265 Å². The maximum atomic E-state index is 12.4. The van der Waals surface area contributed by atoms with E-state index in [1.165, 1.54) is 21.0 Å². The van der Waals surface area contributed by atoms with Crippen LogP contribution in [-0.2, 0) is 71.3 Å². The van der Waals surface area contributed by atoms with E-state index in [-0.39, 0.29) is 6.61 Å². The van der Waals surface area contributed by atoms with Gasteiger partial charge in [0, 0.05) is 47.3 Å². The average Bonchev–Trinajstić information content (AvgIpc) is 2.99. The number of nitrogens with one attached hydrogen (secondary N) is 1. The van der Waals surface area contributed by atoms with E-state index in [0.29, 0.717) is 5.56 Å². The van der Waals surface area contributed by atoms with Crippen LogP contribution in [0.1, 0.15) is 46.5 Å². The highest BCUT2D eigenvalue weighted by atomic mass is 16.8. The largest absolute Gasteiger partial charge is 0.463 e. The highest BCUT2D eigenvalue weighted by molar-refractivity contribution is 5.73. The van der Waals surface area contributed by atoms with Crippen LogP contribution >= 0.6 is 0 Å². The summed E-state index contributed by atoms with van der Waals surface area (Å²) in [6.07, 6.45) is -11.9. The molecule has 0 spiro atoms. The van der Waals surface area contributed by atoms with Crippen molar-refractivity contribution in [2.24, 2.45) is 0 Å². The first-order chi connectivity index (χ1) is 21.9. The predicted molar refractivity (Wildman–Crippen MR) is 150 cm³/mol. The number of ether oxygens (including phenoxy) is 10. The molecular weight excluding hydrogens is 614 g/mol. The summed E-state index contributed by atoms with van der Waals surface area (Å²) in [4.78, 5) is 60.9. The summed E-state index contributed by atoms with van der Waals surface area (Å²) >= 11 is 0. The lowest BCUT2D eigenvalue weighted by molar-refractivity contribution is -0.376. The molecule has 3 fully saturated rings. The Morgan fingerprint density at radius 2 is 1.39 bits per heavy atom. The molecule has 11 atom stereocenters. The zero-order valence-corrected chi connectivity index (χ0v) is 26.3. The maximum absolute atomic E-state index is 12.4. The molecule has 0 bridgehead atoms. The number of carbonyl (C=O) groups excluding carboxylic acids is 5. The van der Waals surface area contributed by atoms with Gasteiger partial charge in [0.05, 0.1) is 6.61 Å². The molecule has 0 aromatic heterocycles. The van der Waals surface area contributed by atoms with Crippen LogP contribution in [-0.4, -0.2) is 111 Å². The Morgan fingerprint density at radius 3 is 1.98 bits per heavy atom. The van der Waals surface area contributed by atoms with Crippen LogP contribution in [0.2, 0.25) is 0 Å². The van der Waals surface area contributed by atoms with Gasteiger partial charge in [-0.05, 0) is 0 Å². The van der Waals surface area contributed by atoms with Crippen molar-refractivity contribution in [3.63, 3.8) is 0 Å². The Kier molecular flexibility index (Phi) is 12.0. The molecule has 1 aromatic rings. The molecular formula is C30H39NO15. The first-order valence-corrected chi connectivity index (χ1v) is 14.6. The third-order valence-electron chi connectivity index (χ3n) is 7.25. The maximum Gasteiger partial charge on any atom is 0.303 e. The van der Waals surface area contributed by atoms with E-state index < -0.39 is 104 Å². The van der Waals surface area contributed by atoms with Crippen molar-refractivity contribution >= 4 is 29.8 Å². The zero-order valence-electron chi connectivity index (χ0n) is 26.3. The highest BCUT2D eigenvalue weighted by Crippen LogP contribution is 2.38. The molecule has 16 nitrogen and oxygen atoms in total. The van der Waals surface area contributed by atoms with Crippen molar-refractivity contribution in [1.82, 2.24) is 5.32 Å². The van der Waals surface area contributed by atoms with Gasteiger partial charge in [-0.25, -0.2) is 0 Å². The number of esters is 4. The van der Waals surface area contributed by atoms with Gasteiger partial charge in [0.15, 0.2) is 37.2 Å². The third-order valence-corrected chi connectivity index (χ3v) is 7.25. The number of hydrogen-bond donors (Lipinski definition) is 1. The van der Waals surface area contributed by atoms with Gasteiger partial charge in [0.2, 0.25) is 5.91 Å². The minimum atomic E-state index is -1.56. The fourth-order valence-electron chi connectivity index (χ4n) is 5.56. The van der Waals surface area contributed by atoms with E-state index in [9.17, 15) is 24.0 Å². The second-order valence-electron chi connectivity index (χ2n) is 10.8. The number of amides is 1. The fraction of sp³-hybridized carbons (Fsp3) is 0.633. The van der Waals surface area contributed by atoms with Crippen molar-refractivity contribution in [1.29, 1.82) is 0 Å². The molecule has 4 rings (SSSR count). The summed E-state index contributed by atoms with van der Waals surface area (Å²) in [6.45, 7) is 5.41. The highest BCUT2D eigenvalue weighted by Gasteiger charge is 2.57. The molecule has 0 radical (unpaired) electrons. The Bertz CT molecular complexity index is 1240. The average molecular weight is 654 g/mol. The number of benzene rings is 1. The number of hydrogen-bond acceptors (Lipinski definition) is 15. The van der Waals surface area contributed by atoms with Crippen molar-refractivity contribution < 1.29 is 71.3 Å². The van der Waals surface area contributed by atoms with Crippen LogP contribution in [0.5, 0.6) is 0 Å². The third kappa shape index (κ3) is 8.77. The van der Waals surface area contributed by atoms with Crippen LogP contribution in [0.4, 0.5) is 0 Å². The molecule has 3 aliphatic heterocycles. The molecule has 3 saturated heterocycles. The summed E-state index contributed by atoms with van der Waals surface area (Å²) in [6, 6.07) is 8.09. The lowest BCUT2D eigenvalue weighted by Crippen LogP contribution is -2.70. The van der Waals surface area contributed by atoms with Crippen LogP contribution in [0.3, 0.4) is 0 Å². The van der Waals surface area contributed by atoms with Crippen molar-refractivity contribution in [3.8, 4) is 0 Å². The molecule has 0 unspecified atom stereocenters. The molecule has 0 aliphatic carbocycles. The topological polar surface area (TPSA) is 190 Å².